The summed E-state index contributed by atoms with van der Waals surface area (Å²) in [4.78, 5) is 12.6. The molecule has 2 aromatic rings. The molecule has 0 saturated heterocycles. The predicted molar refractivity (Wildman–Crippen MR) is 89.9 cm³/mol. The zero-order valence-corrected chi connectivity index (χ0v) is 13.5. The molecule has 2 aromatic carbocycles. The number of carbonyl (C=O) groups is 1. The highest BCUT2D eigenvalue weighted by atomic mass is 32.2. The molecule has 0 spiro atoms. The van der Waals surface area contributed by atoms with Crippen LogP contribution in [0.15, 0.2) is 53.4 Å². The van der Waals surface area contributed by atoms with Crippen molar-refractivity contribution >= 4 is 35.1 Å². The molecule has 0 saturated carbocycles. The summed E-state index contributed by atoms with van der Waals surface area (Å²) in [7, 11) is 0. The molecule has 0 aromatic heterocycles. The Morgan fingerprint density at radius 2 is 1.82 bits per heavy atom. The van der Waals surface area contributed by atoms with Crippen molar-refractivity contribution in [2.45, 2.75) is 16.4 Å². The maximum absolute atomic E-state index is 12.5. The van der Waals surface area contributed by atoms with Crippen LogP contribution in [0, 0.1) is 0 Å². The Labute approximate surface area is 136 Å². The maximum Gasteiger partial charge on any atom is 0.288 e. The van der Waals surface area contributed by atoms with Crippen molar-refractivity contribution in [3.8, 4) is 0 Å². The number of halogens is 2. The van der Waals surface area contributed by atoms with Crippen LogP contribution in [-0.4, -0.2) is 17.9 Å². The van der Waals surface area contributed by atoms with E-state index in [0.29, 0.717) is 27.9 Å². The fourth-order valence-electron chi connectivity index (χ4n) is 1.88. The number of anilines is 1. The van der Waals surface area contributed by atoms with Crippen molar-refractivity contribution in [2.75, 3.05) is 11.6 Å². The fourth-order valence-corrected chi connectivity index (χ4v) is 3.00. The van der Waals surface area contributed by atoms with Gasteiger partial charge in [-0.15, -0.1) is 0 Å². The van der Waals surface area contributed by atoms with Crippen LogP contribution in [0.25, 0.3) is 0 Å². The zero-order valence-electron chi connectivity index (χ0n) is 11.9. The molecule has 2 nitrogen and oxygen atoms in total. The number of hydrogen-bond donors (Lipinski definition) is 1. The molecular weight excluding hydrogens is 324 g/mol. The van der Waals surface area contributed by atoms with Crippen molar-refractivity contribution in [1.29, 1.82) is 0 Å². The van der Waals surface area contributed by atoms with E-state index in [0.717, 1.165) is 11.3 Å². The van der Waals surface area contributed by atoms with Gasteiger partial charge < -0.3 is 5.32 Å². The number of thioether (sulfide) groups is 2. The van der Waals surface area contributed by atoms with Gasteiger partial charge in [0.25, 0.3) is 11.7 Å². The van der Waals surface area contributed by atoms with Crippen LogP contribution in [0.2, 0.25) is 0 Å². The van der Waals surface area contributed by atoms with Crippen LogP contribution in [0.5, 0.6) is 0 Å². The van der Waals surface area contributed by atoms with Gasteiger partial charge >= 0.3 is 0 Å². The molecule has 0 bridgehead atoms. The molecule has 0 aliphatic rings. The molecule has 0 fully saturated rings. The normalized spacial score (nSPS) is 10.7. The molecule has 0 unspecified atom stereocenters. The van der Waals surface area contributed by atoms with E-state index in [1.54, 1.807) is 48.2 Å². The minimum atomic E-state index is -2.52. The first-order valence-corrected chi connectivity index (χ1v) is 8.80. The van der Waals surface area contributed by atoms with Crippen LogP contribution >= 0.6 is 23.5 Å². The van der Waals surface area contributed by atoms with Gasteiger partial charge in [-0.3, -0.25) is 4.79 Å². The molecule has 0 heterocycles. The molecule has 0 atom stereocenters. The summed E-state index contributed by atoms with van der Waals surface area (Å²) in [5.41, 5.74) is 2.03. The van der Waals surface area contributed by atoms with Crippen molar-refractivity contribution in [3.63, 3.8) is 0 Å². The van der Waals surface area contributed by atoms with E-state index in [2.05, 4.69) is 5.32 Å². The zero-order chi connectivity index (χ0) is 15.9. The van der Waals surface area contributed by atoms with Gasteiger partial charge in [-0.05, 0) is 36.1 Å². The third-order valence-corrected chi connectivity index (χ3v) is 4.29. The highest BCUT2D eigenvalue weighted by Crippen LogP contribution is 2.31. The summed E-state index contributed by atoms with van der Waals surface area (Å²) >= 11 is 2.13. The monoisotopic (exact) mass is 339 g/mol. The Balaban J connectivity index is 2.11. The number of carbonyl (C=O) groups excluding carboxylic acids is 1. The van der Waals surface area contributed by atoms with E-state index >= 15 is 0 Å². The van der Waals surface area contributed by atoms with Crippen LogP contribution in [0.4, 0.5) is 14.5 Å². The lowest BCUT2D eigenvalue weighted by Gasteiger charge is -2.10. The number of nitrogens with one attached hydrogen (secondary N) is 1. The van der Waals surface area contributed by atoms with E-state index in [1.807, 2.05) is 18.4 Å². The maximum atomic E-state index is 12.5. The summed E-state index contributed by atoms with van der Waals surface area (Å²) in [6.45, 7) is 0. The lowest BCUT2D eigenvalue weighted by molar-refractivity contribution is 0.102. The number of amides is 1. The number of benzene rings is 2. The highest BCUT2D eigenvalue weighted by Gasteiger charge is 2.12. The quantitative estimate of drug-likeness (QED) is 0.741. The second kappa shape index (κ2) is 8.19. The van der Waals surface area contributed by atoms with Crippen LogP contribution < -0.4 is 5.32 Å². The molecule has 0 radical (unpaired) electrons. The van der Waals surface area contributed by atoms with Gasteiger partial charge in [0.15, 0.2) is 0 Å². The SMILES string of the molecule is CSCc1ccc(C(=O)Nc2ccccc2SC(F)F)cc1. The summed E-state index contributed by atoms with van der Waals surface area (Å²) < 4.78 is 25.1. The second-order valence-electron chi connectivity index (χ2n) is 4.46. The topological polar surface area (TPSA) is 29.1 Å². The highest BCUT2D eigenvalue weighted by molar-refractivity contribution is 7.99. The molecule has 1 N–H and O–H groups in total. The van der Waals surface area contributed by atoms with Crippen LogP contribution in [-0.2, 0) is 5.75 Å². The molecule has 0 aliphatic heterocycles. The van der Waals surface area contributed by atoms with Crippen LogP contribution in [0.3, 0.4) is 0 Å². The van der Waals surface area contributed by atoms with Gasteiger partial charge in [0.05, 0.1) is 5.69 Å². The largest absolute Gasteiger partial charge is 0.321 e. The number of para-hydroxylation sites is 1. The van der Waals surface area contributed by atoms with E-state index < -0.39 is 5.76 Å². The van der Waals surface area contributed by atoms with Crippen molar-refractivity contribution in [3.05, 3.63) is 59.7 Å². The number of hydrogen-bond acceptors (Lipinski definition) is 3. The number of alkyl halides is 2. The van der Waals surface area contributed by atoms with E-state index in [9.17, 15) is 13.6 Å². The smallest absolute Gasteiger partial charge is 0.288 e. The molecule has 22 heavy (non-hydrogen) atoms. The molecular formula is C16H15F2NOS2. The van der Waals surface area contributed by atoms with Gasteiger partial charge in [0.1, 0.15) is 0 Å². The predicted octanol–water partition coefficient (Wildman–Crippen LogP) is 5.12. The summed E-state index contributed by atoms with van der Waals surface area (Å²) in [5, 5.41) is 2.69. The average molecular weight is 339 g/mol. The Morgan fingerprint density at radius 3 is 2.45 bits per heavy atom. The van der Waals surface area contributed by atoms with Gasteiger partial charge in [0.2, 0.25) is 0 Å². The van der Waals surface area contributed by atoms with Gasteiger partial charge in [-0.1, -0.05) is 36.0 Å². The fraction of sp³-hybridized carbons (Fsp3) is 0.188. The van der Waals surface area contributed by atoms with Crippen molar-refractivity contribution in [2.24, 2.45) is 0 Å². The van der Waals surface area contributed by atoms with E-state index in [1.165, 1.54) is 0 Å². The Bertz CT molecular complexity index is 632. The third kappa shape index (κ3) is 4.74. The third-order valence-electron chi connectivity index (χ3n) is 2.88. The summed E-state index contributed by atoms with van der Waals surface area (Å²) in [6.07, 6.45) is 2.01. The minimum Gasteiger partial charge on any atom is -0.321 e. The van der Waals surface area contributed by atoms with Crippen LogP contribution in [0.1, 0.15) is 15.9 Å². The minimum absolute atomic E-state index is 0.307. The standard InChI is InChI=1S/C16H15F2NOS2/c1-21-10-11-6-8-12(9-7-11)15(20)19-13-4-2-3-5-14(13)22-16(17)18/h2-9,16H,10H2,1H3,(H,19,20). The Morgan fingerprint density at radius 1 is 1.14 bits per heavy atom. The molecule has 6 heteroatoms. The first-order chi connectivity index (χ1) is 10.6. The summed E-state index contributed by atoms with van der Waals surface area (Å²) in [5.74, 6) is -1.95. The Kier molecular flexibility index (Phi) is 6.27. The lowest BCUT2D eigenvalue weighted by atomic mass is 10.1. The molecule has 1 amide bonds. The van der Waals surface area contributed by atoms with Gasteiger partial charge in [-0.25, -0.2) is 0 Å². The Hall–Kier alpha value is -1.53. The number of rotatable bonds is 6. The average Bonchev–Trinajstić information content (AvgIpc) is 2.50. The van der Waals surface area contributed by atoms with E-state index in [4.69, 9.17) is 0 Å². The van der Waals surface area contributed by atoms with E-state index in [-0.39, 0.29) is 5.91 Å². The molecule has 116 valence electrons. The van der Waals surface area contributed by atoms with Crippen molar-refractivity contribution in [1.82, 2.24) is 0 Å². The summed E-state index contributed by atoms with van der Waals surface area (Å²) in [6, 6.07) is 13.8. The molecule has 2 rings (SSSR count). The van der Waals surface area contributed by atoms with Gasteiger partial charge in [-0.2, -0.15) is 20.5 Å². The first-order valence-electron chi connectivity index (χ1n) is 6.53. The lowest BCUT2D eigenvalue weighted by Crippen LogP contribution is -2.12. The van der Waals surface area contributed by atoms with Gasteiger partial charge in [0, 0.05) is 16.2 Å². The second-order valence-corrected chi connectivity index (χ2v) is 6.36. The first kappa shape index (κ1) is 16.8. The van der Waals surface area contributed by atoms with Crippen molar-refractivity contribution < 1.29 is 13.6 Å². The molecule has 0 aliphatic carbocycles.